The van der Waals surface area contributed by atoms with Crippen molar-refractivity contribution in [2.75, 3.05) is 13.2 Å². The first kappa shape index (κ1) is 73.6. The average molecular weight is 1090 g/mol. The number of rotatable bonds is 58. The highest BCUT2D eigenvalue weighted by Gasteiger charge is 2.44. The van der Waals surface area contributed by atoms with Gasteiger partial charge in [-0.3, -0.25) is 4.79 Å². The van der Waals surface area contributed by atoms with Gasteiger partial charge >= 0.3 is 0 Å². The van der Waals surface area contributed by atoms with Crippen LogP contribution in [0.2, 0.25) is 0 Å². The molecule has 9 unspecified atom stereocenters. The summed E-state index contributed by atoms with van der Waals surface area (Å²) in [5, 5.41) is 76.3. The summed E-state index contributed by atoms with van der Waals surface area (Å²) in [5.41, 5.74) is 0. The van der Waals surface area contributed by atoms with Gasteiger partial charge in [0, 0.05) is 0 Å². The van der Waals surface area contributed by atoms with Crippen molar-refractivity contribution >= 4 is 5.91 Å². The van der Waals surface area contributed by atoms with E-state index in [1.165, 1.54) is 244 Å². The summed E-state index contributed by atoms with van der Waals surface area (Å²) < 4.78 is 11.2. The molecule has 1 fully saturated rings. The SMILES string of the molecule is CCCCCCCCCCCCCC/C=C\CCCCCCCCCCCCCCCCC(O)C(=O)NC(COC1OC(CO)C(O)C(O)C1O)C(O)C(O)CCC/C=C/CCCCCCCCCCCCCCCCC. The Balaban J connectivity index is 2.22. The van der Waals surface area contributed by atoms with Crippen LogP contribution in [-0.4, -0.2) is 110 Å². The summed E-state index contributed by atoms with van der Waals surface area (Å²) in [6, 6.07) is -1.18. The number of unbranched alkanes of at least 4 members (excludes halogenated alkanes) is 42. The van der Waals surface area contributed by atoms with E-state index in [0.717, 1.165) is 38.5 Å². The van der Waals surface area contributed by atoms with Gasteiger partial charge in [0.2, 0.25) is 5.91 Å². The van der Waals surface area contributed by atoms with Crippen LogP contribution in [0, 0.1) is 0 Å². The number of nitrogens with one attached hydrogen (secondary N) is 1. The van der Waals surface area contributed by atoms with Crippen molar-refractivity contribution in [3.8, 4) is 0 Å². The van der Waals surface area contributed by atoms with E-state index in [1.807, 2.05) is 0 Å². The Morgan fingerprint density at radius 1 is 0.442 bits per heavy atom. The minimum Gasteiger partial charge on any atom is -0.394 e. The van der Waals surface area contributed by atoms with Crippen LogP contribution >= 0.6 is 0 Å². The molecular weight excluding hydrogens is 967 g/mol. The standard InChI is InChI=1S/C66H127NO10/c1-3-5-7-9-11-13-15-17-19-21-23-25-26-27-28-29-30-31-32-33-34-36-38-40-42-44-46-48-50-52-54-59(70)65(75)67-57(56-76-66-64(74)63(73)62(72)60(55-68)77-66)61(71)58(69)53-51-49-47-45-43-41-39-37-35-24-22-20-18-16-14-12-10-8-6-4-2/h27-28,45,47,57-64,66,68-74H,3-26,29-44,46,48-56H2,1-2H3,(H,67,75)/b28-27-,47-45+. The zero-order valence-electron chi connectivity index (χ0n) is 50.2. The van der Waals surface area contributed by atoms with Crippen molar-refractivity contribution < 1.29 is 50.0 Å². The summed E-state index contributed by atoms with van der Waals surface area (Å²) in [7, 11) is 0. The molecule has 1 aliphatic rings. The number of hydrogen-bond acceptors (Lipinski definition) is 10. The molecular formula is C66H127NO10. The molecule has 1 amide bonds. The maximum Gasteiger partial charge on any atom is 0.249 e. The summed E-state index contributed by atoms with van der Waals surface area (Å²) >= 11 is 0. The molecule has 11 nitrogen and oxygen atoms in total. The van der Waals surface area contributed by atoms with Crippen LogP contribution in [0.3, 0.4) is 0 Å². The van der Waals surface area contributed by atoms with Gasteiger partial charge in [-0.1, -0.05) is 282 Å². The first-order valence-electron chi connectivity index (χ1n) is 33.2. The van der Waals surface area contributed by atoms with Gasteiger partial charge in [-0.05, 0) is 64.2 Å². The fraction of sp³-hybridized carbons (Fsp3) is 0.924. The highest BCUT2D eigenvalue weighted by Crippen LogP contribution is 2.24. The van der Waals surface area contributed by atoms with Gasteiger partial charge in [-0.2, -0.15) is 0 Å². The molecule has 1 aliphatic heterocycles. The van der Waals surface area contributed by atoms with E-state index in [0.29, 0.717) is 12.8 Å². The Labute approximate surface area is 474 Å². The average Bonchev–Trinajstić information content (AvgIpc) is 3.43. The molecule has 1 saturated heterocycles. The van der Waals surface area contributed by atoms with Crippen LogP contribution in [0.25, 0.3) is 0 Å². The maximum absolute atomic E-state index is 13.2. The third kappa shape index (κ3) is 43.0. The number of carbonyl (C=O) groups excluding carboxylic acids is 1. The molecule has 11 heteroatoms. The summed E-state index contributed by atoms with van der Waals surface area (Å²) in [4.78, 5) is 13.2. The van der Waals surface area contributed by atoms with Gasteiger partial charge in [0.05, 0.1) is 25.4 Å². The minimum atomic E-state index is -1.67. The monoisotopic (exact) mass is 1090 g/mol. The predicted octanol–water partition coefficient (Wildman–Crippen LogP) is 15.2. The molecule has 0 bridgehead atoms. The van der Waals surface area contributed by atoms with Gasteiger partial charge in [-0.15, -0.1) is 0 Å². The fourth-order valence-electron chi connectivity index (χ4n) is 10.9. The van der Waals surface area contributed by atoms with Crippen molar-refractivity contribution in [3.05, 3.63) is 24.3 Å². The third-order valence-electron chi connectivity index (χ3n) is 16.2. The lowest BCUT2D eigenvalue weighted by Gasteiger charge is -2.40. The molecule has 1 heterocycles. The smallest absolute Gasteiger partial charge is 0.249 e. The van der Waals surface area contributed by atoms with Crippen LogP contribution in [0.5, 0.6) is 0 Å². The molecule has 0 aromatic heterocycles. The number of ether oxygens (including phenoxy) is 2. The van der Waals surface area contributed by atoms with Crippen LogP contribution in [0.15, 0.2) is 24.3 Å². The predicted molar refractivity (Wildman–Crippen MR) is 321 cm³/mol. The number of carbonyl (C=O) groups is 1. The zero-order chi connectivity index (χ0) is 56.1. The van der Waals surface area contributed by atoms with E-state index < -0.39 is 74.2 Å². The minimum absolute atomic E-state index is 0.257. The van der Waals surface area contributed by atoms with Crippen molar-refractivity contribution in [1.29, 1.82) is 0 Å². The van der Waals surface area contributed by atoms with Gasteiger partial charge in [0.1, 0.15) is 36.6 Å². The van der Waals surface area contributed by atoms with Crippen LogP contribution < -0.4 is 5.32 Å². The van der Waals surface area contributed by atoms with E-state index in [4.69, 9.17) is 9.47 Å². The Morgan fingerprint density at radius 2 is 0.766 bits per heavy atom. The van der Waals surface area contributed by atoms with Crippen molar-refractivity contribution in [3.63, 3.8) is 0 Å². The normalized spacial score (nSPS) is 19.6. The number of allylic oxidation sites excluding steroid dienone is 4. The molecule has 9 atom stereocenters. The topological polar surface area (TPSA) is 189 Å². The Bertz CT molecular complexity index is 1300. The van der Waals surface area contributed by atoms with Crippen LogP contribution in [0.1, 0.15) is 322 Å². The Hall–Kier alpha value is -1.41. The second-order valence-electron chi connectivity index (χ2n) is 23.5. The van der Waals surface area contributed by atoms with Gasteiger partial charge in [0.15, 0.2) is 6.29 Å². The number of aliphatic hydroxyl groups is 7. The second kappa shape index (κ2) is 55.1. The molecule has 0 spiro atoms. The second-order valence-corrected chi connectivity index (χ2v) is 23.5. The third-order valence-corrected chi connectivity index (χ3v) is 16.2. The highest BCUT2D eigenvalue weighted by molar-refractivity contribution is 5.80. The first-order valence-corrected chi connectivity index (χ1v) is 33.2. The lowest BCUT2D eigenvalue weighted by Crippen LogP contribution is -2.60. The van der Waals surface area contributed by atoms with Gasteiger partial charge in [-0.25, -0.2) is 0 Å². The highest BCUT2D eigenvalue weighted by atomic mass is 16.7. The Kier molecular flexibility index (Phi) is 52.7. The number of hydrogen-bond donors (Lipinski definition) is 8. The number of amides is 1. The summed E-state index contributed by atoms with van der Waals surface area (Å²) in [6.07, 6.45) is 56.8. The molecule has 77 heavy (non-hydrogen) atoms. The van der Waals surface area contributed by atoms with Gasteiger partial charge in [0.25, 0.3) is 0 Å². The maximum atomic E-state index is 13.2. The van der Waals surface area contributed by atoms with Crippen molar-refractivity contribution in [1.82, 2.24) is 5.32 Å². The molecule has 0 aliphatic carbocycles. The van der Waals surface area contributed by atoms with E-state index in [-0.39, 0.29) is 12.8 Å². The van der Waals surface area contributed by atoms with Crippen molar-refractivity contribution in [2.45, 2.75) is 377 Å². The fourth-order valence-corrected chi connectivity index (χ4v) is 10.9. The van der Waals surface area contributed by atoms with E-state index in [9.17, 15) is 40.5 Å². The summed E-state index contributed by atoms with van der Waals surface area (Å²) in [5.74, 6) is -0.701. The van der Waals surface area contributed by atoms with E-state index in [2.05, 4.69) is 43.5 Å². The number of aliphatic hydroxyl groups excluding tert-OH is 7. The quantitative estimate of drug-likeness (QED) is 0.0215. The molecule has 0 aromatic carbocycles. The molecule has 456 valence electrons. The lowest BCUT2D eigenvalue weighted by molar-refractivity contribution is -0.303. The molecule has 1 rings (SSSR count). The van der Waals surface area contributed by atoms with Crippen LogP contribution in [-0.2, 0) is 14.3 Å². The largest absolute Gasteiger partial charge is 0.394 e. The molecule has 8 N–H and O–H groups in total. The Morgan fingerprint density at radius 3 is 1.12 bits per heavy atom. The molecule has 0 aromatic rings. The molecule has 0 saturated carbocycles. The van der Waals surface area contributed by atoms with Crippen LogP contribution in [0.4, 0.5) is 0 Å². The molecule has 0 radical (unpaired) electrons. The van der Waals surface area contributed by atoms with Gasteiger partial charge < -0.3 is 50.5 Å². The summed E-state index contributed by atoms with van der Waals surface area (Å²) in [6.45, 7) is 3.49. The van der Waals surface area contributed by atoms with E-state index in [1.54, 1.807) is 0 Å². The zero-order valence-corrected chi connectivity index (χ0v) is 50.2. The lowest BCUT2D eigenvalue weighted by atomic mass is 9.98. The van der Waals surface area contributed by atoms with Crippen molar-refractivity contribution in [2.24, 2.45) is 0 Å². The first-order chi connectivity index (χ1) is 37.7. The van der Waals surface area contributed by atoms with E-state index >= 15 is 0 Å².